The fourth-order valence-corrected chi connectivity index (χ4v) is 2.30. The van der Waals surface area contributed by atoms with Gasteiger partial charge in [0.2, 0.25) is 10.0 Å². The Morgan fingerprint density at radius 2 is 1.89 bits per heavy atom. The van der Waals surface area contributed by atoms with Crippen molar-refractivity contribution >= 4 is 15.7 Å². The van der Waals surface area contributed by atoms with Gasteiger partial charge in [-0.05, 0) is 40.2 Å². The van der Waals surface area contributed by atoms with E-state index in [1.807, 2.05) is 20.2 Å². The van der Waals surface area contributed by atoms with Crippen LogP contribution in [0.15, 0.2) is 29.2 Å². The molecule has 0 radical (unpaired) electrons. The number of anilines is 1. The van der Waals surface area contributed by atoms with E-state index in [2.05, 4.69) is 21.9 Å². The Morgan fingerprint density at radius 3 is 2.44 bits per heavy atom. The van der Waals surface area contributed by atoms with Crippen molar-refractivity contribution in [3.05, 3.63) is 24.3 Å². The summed E-state index contributed by atoms with van der Waals surface area (Å²) in [6.45, 7) is 2.76. The molecule has 2 N–H and O–H groups in total. The van der Waals surface area contributed by atoms with Gasteiger partial charge in [0.05, 0.1) is 5.69 Å². The van der Waals surface area contributed by atoms with E-state index in [9.17, 15) is 8.42 Å². The highest BCUT2D eigenvalue weighted by Gasteiger charge is 2.16. The van der Waals surface area contributed by atoms with E-state index < -0.39 is 10.0 Å². The van der Waals surface area contributed by atoms with E-state index in [0.29, 0.717) is 18.3 Å². The Hall–Kier alpha value is -1.11. The third kappa shape index (κ3) is 3.69. The highest BCUT2D eigenvalue weighted by Crippen LogP contribution is 2.20. The predicted molar refractivity (Wildman–Crippen MR) is 74.3 cm³/mol. The molecule has 1 aromatic carbocycles. The second-order valence-corrected chi connectivity index (χ2v) is 6.25. The fourth-order valence-electron chi connectivity index (χ4n) is 1.40. The standard InChI is InChI=1S/C12H21N3O2S/c1-10(15(3)4)9-14-11-7-5-6-8-12(11)18(16,17)13-2/h5-8,10,13-14H,9H2,1-4H3. The topological polar surface area (TPSA) is 61.4 Å². The zero-order valence-corrected chi connectivity index (χ0v) is 12.1. The minimum absolute atomic E-state index is 0.276. The van der Waals surface area contributed by atoms with Crippen LogP contribution in [-0.2, 0) is 10.0 Å². The highest BCUT2D eigenvalue weighted by atomic mass is 32.2. The molecule has 0 aliphatic rings. The number of hydrogen-bond donors (Lipinski definition) is 2. The second kappa shape index (κ2) is 6.17. The number of rotatable bonds is 6. The summed E-state index contributed by atoms with van der Waals surface area (Å²) in [7, 11) is 1.97. The molecule has 0 amide bonds. The first kappa shape index (κ1) is 14.9. The molecule has 102 valence electrons. The van der Waals surface area contributed by atoms with Gasteiger partial charge in [0.1, 0.15) is 4.90 Å². The number of benzene rings is 1. The maximum absolute atomic E-state index is 11.8. The van der Waals surface area contributed by atoms with Gasteiger partial charge in [-0.3, -0.25) is 0 Å². The van der Waals surface area contributed by atoms with Crippen LogP contribution in [0.5, 0.6) is 0 Å². The molecule has 1 aromatic rings. The van der Waals surface area contributed by atoms with Crippen molar-refractivity contribution in [2.45, 2.75) is 17.9 Å². The molecule has 18 heavy (non-hydrogen) atoms. The summed E-state index contributed by atoms with van der Waals surface area (Å²) in [5, 5.41) is 3.17. The zero-order chi connectivity index (χ0) is 13.8. The van der Waals surface area contributed by atoms with E-state index in [4.69, 9.17) is 0 Å². The number of sulfonamides is 1. The van der Waals surface area contributed by atoms with Gasteiger partial charge in [0.15, 0.2) is 0 Å². The first-order chi connectivity index (χ1) is 8.38. The van der Waals surface area contributed by atoms with E-state index in [0.717, 1.165) is 0 Å². The maximum Gasteiger partial charge on any atom is 0.242 e. The van der Waals surface area contributed by atoms with Gasteiger partial charge in [0, 0.05) is 12.6 Å². The molecule has 0 saturated heterocycles. The van der Waals surface area contributed by atoms with Gasteiger partial charge in [0.25, 0.3) is 0 Å². The maximum atomic E-state index is 11.8. The average Bonchev–Trinajstić information content (AvgIpc) is 2.36. The molecule has 5 nitrogen and oxygen atoms in total. The average molecular weight is 271 g/mol. The van der Waals surface area contributed by atoms with Crippen LogP contribution in [0, 0.1) is 0 Å². The second-order valence-electron chi connectivity index (χ2n) is 4.40. The molecule has 0 heterocycles. The summed E-state index contributed by atoms with van der Waals surface area (Å²) in [4.78, 5) is 2.35. The first-order valence-electron chi connectivity index (χ1n) is 5.81. The van der Waals surface area contributed by atoms with E-state index in [1.165, 1.54) is 7.05 Å². The van der Waals surface area contributed by atoms with Crippen LogP contribution < -0.4 is 10.0 Å². The van der Waals surface area contributed by atoms with Gasteiger partial charge in [-0.15, -0.1) is 0 Å². The summed E-state index contributed by atoms with van der Waals surface area (Å²) in [5.41, 5.74) is 0.626. The number of nitrogens with zero attached hydrogens (tertiary/aromatic N) is 1. The van der Waals surface area contributed by atoms with Gasteiger partial charge in [-0.2, -0.15) is 0 Å². The van der Waals surface area contributed by atoms with Gasteiger partial charge < -0.3 is 10.2 Å². The third-order valence-corrected chi connectivity index (χ3v) is 4.39. The summed E-state index contributed by atoms with van der Waals surface area (Å²) in [6, 6.07) is 7.21. The molecule has 6 heteroatoms. The highest BCUT2D eigenvalue weighted by molar-refractivity contribution is 7.89. The third-order valence-electron chi connectivity index (χ3n) is 2.91. The number of likely N-dealkylation sites (N-methyl/N-ethyl adjacent to an activating group) is 1. The predicted octanol–water partition coefficient (Wildman–Crippen LogP) is 0.957. The monoisotopic (exact) mass is 271 g/mol. The minimum Gasteiger partial charge on any atom is -0.382 e. The van der Waals surface area contributed by atoms with Crippen LogP contribution in [0.3, 0.4) is 0 Å². The van der Waals surface area contributed by atoms with Crippen molar-refractivity contribution in [2.24, 2.45) is 0 Å². The lowest BCUT2D eigenvalue weighted by Crippen LogP contribution is -2.32. The van der Waals surface area contributed by atoms with Crippen molar-refractivity contribution in [2.75, 3.05) is 33.0 Å². The summed E-state index contributed by atoms with van der Waals surface area (Å²) < 4.78 is 26.0. The minimum atomic E-state index is -3.42. The van der Waals surface area contributed by atoms with Crippen molar-refractivity contribution in [3.63, 3.8) is 0 Å². The van der Waals surface area contributed by atoms with Crippen LogP contribution in [0.1, 0.15) is 6.92 Å². The number of para-hydroxylation sites is 1. The Bertz CT molecular complexity index is 486. The molecule has 1 unspecified atom stereocenters. The largest absolute Gasteiger partial charge is 0.382 e. The van der Waals surface area contributed by atoms with Crippen LogP contribution in [-0.4, -0.2) is 47.0 Å². The molecular weight excluding hydrogens is 250 g/mol. The van der Waals surface area contributed by atoms with Crippen LogP contribution >= 0.6 is 0 Å². The molecule has 0 aromatic heterocycles. The van der Waals surface area contributed by atoms with Crippen molar-refractivity contribution in [3.8, 4) is 0 Å². The number of hydrogen-bond acceptors (Lipinski definition) is 4. The molecule has 0 saturated carbocycles. The van der Waals surface area contributed by atoms with Crippen molar-refractivity contribution < 1.29 is 8.42 Å². The lowest BCUT2D eigenvalue weighted by Gasteiger charge is -2.21. The summed E-state index contributed by atoms with van der Waals surface area (Å²) in [5.74, 6) is 0. The Kier molecular flexibility index (Phi) is 5.13. The van der Waals surface area contributed by atoms with Crippen LogP contribution in [0.2, 0.25) is 0 Å². The van der Waals surface area contributed by atoms with Gasteiger partial charge >= 0.3 is 0 Å². The van der Waals surface area contributed by atoms with Gasteiger partial charge in [-0.25, -0.2) is 13.1 Å². The molecule has 0 bridgehead atoms. The normalized spacial score (nSPS) is 13.6. The molecule has 0 fully saturated rings. The molecule has 1 rings (SSSR count). The fraction of sp³-hybridized carbons (Fsp3) is 0.500. The summed E-state index contributed by atoms with van der Waals surface area (Å²) >= 11 is 0. The lowest BCUT2D eigenvalue weighted by atomic mass is 10.2. The molecule has 0 spiro atoms. The van der Waals surface area contributed by atoms with Gasteiger partial charge in [-0.1, -0.05) is 12.1 Å². The van der Waals surface area contributed by atoms with Crippen LogP contribution in [0.25, 0.3) is 0 Å². The smallest absolute Gasteiger partial charge is 0.242 e. The molecule has 0 aliphatic carbocycles. The Balaban J connectivity index is 2.91. The Morgan fingerprint density at radius 1 is 1.28 bits per heavy atom. The number of nitrogens with one attached hydrogen (secondary N) is 2. The SMILES string of the molecule is CNS(=O)(=O)c1ccccc1NCC(C)N(C)C. The molecule has 1 atom stereocenters. The summed E-state index contributed by atoms with van der Waals surface area (Å²) in [6.07, 6.45) is 0. The quantitative estimate of drug-likeness (QED) is 0.809. The molecular formula is C12H21N3O2S. The van der Waals surface area contributed by atoms with E-state index >= 15 is 0 Å². The van der Waals surface area contributed by atoms with E-state index in [1.54, 1.807) is 18.2 Å². The van der Waals surface area contributed by atoms with Crippen molar-refractivity contribution in [1.29, 1.82) is 0 Å². The lowest BCUT2D eigenvalue weighted by molar-refractivity contribution is 0.326. The van der Waals surface area contributed by atoms with Crippen molar-refractivity contribution in [1.82, 2.24) is 9.62 Å². The molecule has 0 aliphatic heterocycles. The van der Waals surface area contributed by atoms with Crippen LogP contribution in [0.4, 0.5) is 5.69 Å². The zero-order valence-electron chi connectivity index (χ0n) is 11.3. The Labute approximate surface area is 109 Å². The van der Waals surface area contributed by atoms with E-state index in [-0.39, 0.29) is 4.90 Å². The first-order valence-corrected chi connectivity index (χ1v) is 7.29.